The van der Waals surface area contributed by atoms with E-state index in [0.29, 0.717) is 28.6 Å². The molecule has 1 aromatic carbocycles. The molecule has 0 bridgehead atoms. The van der Waals surface area contributed by atoms with E-state index in [-0.39, 0.29) is 30.9 Å². The van der Waals surface area contributed by atoms with Crippen molar-refractivity contribution in [3.63, 3.8) is 0 Å². The van der Waals surface area contributed by atoms with Gasteiger partial charge in [0.2, 0.25) is 17.7 Å². The Labute approximate surface area is 149 Å². The van der Waals surface area contributed by atoms with Gasteiger partial charge in [0.05, 0.1) is 11.0 Å². The Morgan fingerprint density at radius 3 is 2.81 bits per heavy atom. The SMILES string of the molecule is CC(C)c1nnc([C@H](C)NC(=O)COCc2nc3ccc(F)cc3[nH]2)o1. The van der Waals surface area contributed by atoms with Crippen LogP contribution < -0.4 is 5.32 Å². The third-order valence-corrected chi connectivity index (χ3v) is 3.66. The zero-order valence-electron chi connectivity index (χ0n) is 14.7. The standard InChI is InChI=1S/C17H20FN5O3/c1-9(2)16-22-23-17(26-16)10(3)19-15(24)8-25-7-14-20-12-5-4-11(18)6-13(12)21-14/h4-6,9-10H,7-8H2,1-3H3,(H,19,24)(H,20,21)/t10-/m0/s1. The summed E-state index contributed by atoms with van der Waals surface area (Å²) in [5.74, 6) is 0.859. The zero-order chi connectivity index (χ0) is 18.7. The Morgan fingerprint density at radius 1 is 1.31 bits per heavy atom. The molecule has 2 aromatic heterocycles. The topological polar surface area (TPSA) is 106 Å². The van der Waals surface area contributed by atoms with Crippen molar-refractivity contribution < 1.29 is 18.3 Å². The van der Waals surface area contributed by atoms with Crippen molar-refractivity contribution in [1.82, 2.24) is 25.5 Å². The molecule has 3 rings (SSSR count). The van der Waals surface area contributed by atoms with Gasteiger partial charge >= 0.3 is 0 Å². The Bertz CT molecular complexity index is 905. The number of hydrogen-bond donors (Lipinski definition) is 2. The lowest BCUT2D eigenvalue weighted by Gasteiger charge is -2.10. The van der Waals surface area contributed by atoms with Crippen molar-refractivity contribution in [3.05, 3.63) is 41.6 Å². The maximum atomic E-state index is 13.2. The van der Waals surface area contributed by atoms with Crippen LogP contribution >= 0.6 is 0 Å². The Hall–Kier alpha value is -2.81. The fourth-order valence-electron chi connectivity index (χ4n) is 2.34. The monoisotopic (exact) mass is 361 g/mol. The first-order chi connectivity index (χ1) is 12.4. The number of imidazole rings is 1. The number of rotatable bonds is 7. The summed E-state index contributed by atoms with van der Waals surface area (Å²) < 4.78 is 24.0. The predicted octanol–water partition coefficient (Wildman–Crippen LogP) is 2.60. The number of halogens is 1. The van der Waals surface area contributed by atoms with Crippen molar-refractivity contribution in [1.29, 1.82) is 0 Å². The maximum absolute atomic E-state index is 13.2. The van der Waals surface area contributed by atoms with Gasteiger partial charge in [-0.2, -0.15) is 0 Å². The van der Waals surface area contributed by atoms with Crippen LogP contribution in [0.1, 0.15) is 50.3 Å². The van der Waals surface area contributed by atoms with Crippen LogP contribution in [0, 0.1) is 5.82 Å². The number of hydrogen-bond acceptors (Lipinski definition) is 6. The first kappa shape index (κ1) is 18.0. The normalized spacial score (nSPS) is 12.7. The first-order valence-electron chi connectivity index (χ1n) is 8.27. The molecule has 0 spiro atoms. The Balaban J connectivity index is 1.48. The number of aromatic amines is 1. The largest absolute Gasteiger partial charge is 0.423 e. The number of amides is 1. The lowest BCUT2D eigenvalue weighted by Crippen LogP contribution is -2.30. The molecule has 3 aromatic rings. The molecule has 2 heterocycles. The number of carbonyl (C=O) groups excluding carboxylic acids is 1. The summed E-state index contributed by atoms with van der Waals surface area (Å²) in [7, 11) is 0. The minimum atomic E-state index is -0.416. The van der Waals surface area contributed by atoms with Crippen LogP contribution in [0.2, 0.25) is 0 Å². The van der Waals surface area contributed by atoms with Crippen LogP contribution in [0.4, 0.5) is 4.39 Å². The van der Waals surface area contributed by atoms with E-state index in [1.54, 1.807) is 13.0 Å². The van der Waals surface area contributed by atoms with Crippen LogP contribution in [0.25, 0.3) is 11.0 Å². The second-order valence-electron chi connectivity index (χ2n) is 6.26. The summed E-state index contributed by atoms with van der Waals surface area (Å²) in [4.78, 5) is 19.2. The molecule has 26 heavy (non-hydrogen) atoms. The average Bonchev–Trinajstić information content (AvgIpc) is 3.20. The summed E-state index contributed by atoms with van der Waals surface area (Å²) in [5, 5.41) is 10.6. The molecule has 0 aliphatic rings. The molecule has 0 saturated carbocycles. The number of nitrogens with one attached hydrogen (secondary N) is 2. The highest BCUT2D eigenvalue weighted by Gasteiger charge is 2.17. The quantitative estimate of drug-likeness (QED) is 0.670. The molecule has 0 aliphatic heterocycles. The van der Waals surface area contributed by atoms with Crippen LogP contribution in [-0.4, -0.2) is 32.7 Å². The molecule has 8 nitrogen and oxygen atoms in total. The fourth-order valence-corrected chi connectivity index (χ4v) is 2.34. The molecule has 0 unspecified atom stereocenters. The van der Waals surface area contributed by atoms with Crippen molar-refractivity contribution in [2.75, 3.05) is 6.61 Å². The van der Waals surface area contributed by atoms with E-state index >= 15 is 0 Å². The highest BCUT2D eigenvalue weighted by atomic mass is 19.1. The number of ether oxygens (including phenoxy) is 1. The minimum Gasteiger partial charge on any atom is -0.423 e. The van der Waals surface area contributed by atoms with Gasteiger partial charge in [0.25, 0.3) is 0 Å². The van der Waals surface area contributed by atoms with Gasteiger partial charge in [-0.1, -0.05) is 13.8 Å². The summed E-state index contributed by atoms with van der Waals surface area (Å²) >= 11 is 0. The molecular formula is C17H20FN5O3. The molecule has 0 radical (unpaired) electrons. The fraction of sp³-hybridized carbons (Fsp3) is 0.412. The van der Waals surface area contributed by atoms with E-state index in [4.69, 9.17) is 9.15 Å². The van der Waals surface area contributed by atoms with Gasteiger partial charge in [0.1, 0.15) is 30.9 Å². The van der Waals surface area contributed by atoms with Crippen molar-refractivity contribution >= 4 is 16.9 Å². The molecule has 0 saturated heterocycles. The second kappa shape index (κ2) is 7.61. The van der Waals surface area contributed by atoms with Crippen LogP contribution in [-0.2, 0) is 16.1 Å². The van der Waals surface area contributed by atoms with E-state index < -0.39 is 6.04 Å². The van der Waals surface area contributed by atoms with Crippen LogP contribution in [0.3, 0.4) is 0 Å². The number of fused-ring (bicyclic) bond motifs is 1. The smallest absolute Gasteiger partial charge is 0.246 e. The number of benzene rings is 1. The summed E-state index contributed by atoms with van der Waals surface area (Å²) in [6, 6.07) is 3.86. The molecule has 1 amide bonds. The second-order valence-corrected chi connectivity index (χ2v) is 6.26. The zero-order valence-corrected chi connectivity index (χ0v) is 14.7. The van der Waals surface area contributed by atoms with E-state index in [0.717, 1.165) is 0 Å². The molecular weight excluding hydrogens is 341 g/mol. The van der Waals surface area contributed by atoms with E-state index in [1.807, 2.05) is 13.8 Å². The number of H-pyrrole nitrogens is 1. The molecule has 0 aliphatic carbocycles. The maximum Gasteiger partial charge on any atom is 0.246 e. The minimum absolute atomic E-state index is 0.107. The highest BCUT2D eigenvalue weighted by molar-refractivity contribution is 5.77. The third kappa shape index (κ3) is 4.23. The number of carbonyl (C=O) groups is 1. The van der Waals surface area contributed by atoms with Gasteiger partial charge < -0.3 is 19.5 Å². The van der Waals surface area contributed by atoms with Crippen molar-refractivity contribution in [3.8, 4) is 0 Å². The predicted molar refractivity (Wildman–Crippen MR) is 90.7 cm³/mol. The summed E-state index contributed by atoms with van der Waals surface area (Å²) in [6.45, 7) is 5.60. The van der Waals surface area contributed by atoms with Crippen molar-refractivity contribution in [2.24, 2.45) is 0 Å². The number of nitrogens with zero attached hydrogens (tertiary/aromatic N) is 3. The Morgan fingerprint density at radius 2 is 2.08 bits per heavy atom. The molecule has 1 atom stereocenters. The summed E-state index contributed by atoms with van der Waals surface area (Å²) in [6.07, 6.45) is 0. The van der Waals surface area contributed by atoms with Crippen LogP contribution in [0.15, 0.2) is 22.6 Å². The van der Waals surface area contributed by atoms with Gasteiger partial charge in [-0.15, -0.1) is 10.2 Å². The lowest BCUT2D eigenvalue weighted by molar-refractivity contribution is -0.127. The molecule has 2 N–H and O–H groups in total. The van der Waals surface area contributed by atoms with E-state index in [1.165, 1.54) is 12.1 Å². The lowest BCUT2D eigenvalue weighted by atomic mass is 10.2. The number of aromatic nitrogens is 4. The molecule has 138 valence electrons. The van der Waals surface area contributed by atoms with Gasteiger partial charge in [-0.25, -0.2) is 9.37 Å². The highest BCUT2D eigenvalue weighted by Crippen LogP contribution is 2.16. The molecule has 9 heteroatoms. The Kier molecular flexibility index (Phi) is 5.27. The van der Waals surface area contributed by atoms with Gasteiger partial charge in [-0.05, 0) is 25.1 Å². The summed E-state index contributed by atoms with van der Waals surface area (Å²) in [5.41, 5.74) is 1.22. The average molecular weight is 361 g/mol. The van der Waals surface area contributed by atoms with Crippen molar-refractivity contribution in [2.45, 2.75) is 39.3 Å². The van der Waals surface area contributed by atoms with E-state index in [2.05, 4.69) is 25.5 Å². The van der Waals surface area contributed by atoms with E-state index in [9.17, 15) is 9.18 Å². The third-order valence-electron chi connectivity index (χ3n) is 3.66. The van der Waals surface area contributed by atoms with Crippen LogP contribution in [0.5, 0.6) is 0 Å². The van der Waals surface area contributed by atoms with Gasteiger partial charge in [0.15, 0.2) is 0 Å². The van der Waals surface area contributed by atoms with Gasteiger partial charge in [0, 0.05) is 5.92 Å². The molecule has 0 fully saturated rings. The van der Waals surface area contributed by atoms with Gasteiger partial charge in [-0.3, -0.25) is 4.79 Å². The first-order valence-corrected chi connectivity index (χ1v) is 8.27.